The molecule has 7 heteroatoms. The van der Waals surface area contributed by atoms with Crippen molar-refractivity contribution in [3.05, 3.63) is 18.6 Å². The van der Waals surface area contributed by atoms with Crippen LogP contribution in [0.2, 0.25) is 0 Å². The number of aliphatic hydroxyl groups is 1. The zero-order valence-corrected chi connectivity index (χ0v) is 12.2. The SMILES string of the molecule is O=C1NCCC[C@]12CN(c1ncnc3[nH]ccc13)CC[C@H]2O. The number of fused-ring (bicyclic) bond motifs is 1. The number of anilines is 1. The van der Waals surface area contributed by atoms with E-state index in [0.29, 0.717) is 26.1 Å². The predicted molar refractivity (Wildman–Crippen MR) is 81.4 cm³/mol. The smallest absolute Gasteiger partial charge is 0.230 e. The third-order valence-corrected chi connectivity index (χ3v) is 4.95. The highest BCUT2D eigenvalue weighted by Gasteiger charge is 2.50. The average molecular weight is 301 g/mol. The number of carbonyl (C=O) groups excluding carboxylic acids is 1. The number of amides is 1. The number of aromatic nitrogens is 3. The fraction of sp³-hybridized carbons (Fsp3) is 0.533. The number of hydrogen-bond acceptors (Lipinski definition) is 5. The van der Waals surface area contributed by atoms with Crippen LogP contribution in [0.15, 0.2) is 18.6 Å². The molecule has 4 heterocycles. The summed E-state index contributed by atoms with van der Waals surface area (Å²) in [6, 6.07) is 1.95. The third kappa shape index (κ3) is 1.89. The monoisotopic (exact) mass is 301 g/mol. The van der Waals surface area contributed by atoms with Gasteiger partial charge in [-0.05, 0) is 25.3 Å². The standard InChI is InChI=1S/C15H19N5O2/c21-11-3-7-20(8-15(11)4-1-5-17-14(15)22)13-10-2-6-16-12(10)18-9-19-13/h2,6,9,11,21H,1,3-5,7-8H2,(H,17,22)(H,16,18,19)/t11-,15-/m1/s1. The Kier molecular flexibility index (Phi) is 3.04. The molecule has 1 spiro atoms. The topological polar surface area (TPSA) is 94.1 Å². The number of carbonyl (C=O) groups is 1. The minimum absolute atomic E-state index is 0.0321. The molecule has 2 aromatic heterocycles. The third-order valence-electron chi connectivity index (χ3n) is 4.95. The van der Waals surface area contributed by atoms with Gasteiger partial charge < -0.3 is 20.3 Å². The Bertz CT molecular complexity index is 715. The molecule has 0 aromatic carbocycles. The molecule has 1 amide bonds. The Morgan fingerprint density at radius 1 is 1.41 bits per heavy atom. The van der Waals surface area contributed by atoms with Gasteiger partial charge in [-0.25, -0.2) is 9.97 Å². The molecular formula is C15H19N5O2. The lowest BCUT2D eigenvalue weighted by atomic mass is 9.71. The van der Waals surface area contributed by atoms with Crippen molar-refractivity contribution in [2.75, 3.05) is 24.5 Å². The average Bonchev–Trinajstić information content (AvgIpc) is 3.01. The van der Waals surface area contributed by atoms with Gasteiger partial charge in [0.25, 0.3) is 0 Å². The summed E-state index contributed by atoms with van der Waals surface area (Å²) in [7, 11) is 0. The highest BCUT2D eigenvalue weighted by molar-refractivity contribution is 5.89. The van der Waals surface area contributed by atoms with Gasteiger partial charge in [-0.15, -0.1) is 0 Å². The van der Waals surface area contributed by atoms with Crippen LogP contribution in [0, 0.1) is 5.41 Å². The molecule has 2 fully saturated rings. The van der Waals surface area contributed by atoms with Gasteiger partial charge in [0.15, 0.2) is 0 Å². The summed E-state index contributed by atoms with van der Waals surface area (Å²) in [5, 5.41) is 14.3. The Morgan fingerprint density at radius 2 is 2.32 bits per heavy atom. The number of aromatic amines is 1. The lowest BCUT2D eigenvalue weighted by Gasteiger charge is -2.47. The quantitative estimate of drug-likeness (QED) is 0.710. The minimum atomic E-state index is -0.718. The predicted octanol–water partition coefficient (Wildman–Crippen LogP) is 0.425. The number of H-pyrrole nitrogens is 1. The van der Waals surface area contributed by atoms with Crippen LogP contribution in [-0.4, -0.2) is 51.7 Å². The van der Waals surface area contributed by atoms with Gasteiger partial charge in [0, 0.05) is 25.8 Å². The Balaban J connectivity index is 1.72. The Hall–Kier alpha value is -2.15. The number of rotatable bonds is 1. The van der Waals surface area contributed by atoms with Gasteiger partial charge in [0.2, 0.25) is 5.91 Å². The molecule has 0 aliphatic carbocycles. The van der Waals surface area contributed by atoms with Crippen molar-refractivity contribution < 1.29 is 9.90 Å². The maximum atomic E-state index is 12.4. The van der Waals surface area contributed by atoms with Crippen LogP contribution in [-0.2, 0) is 4.79 Å². The number of hydrogen-bond donors (Lipinski definition) is 3. The zero-order chi connectivity index (χ0) is 15.2. The summed E-state index contributed by atoms with van der Waals surface area (Å²) in [6.45, 7) is 1.88. The molecule has 2 aliphatic rings. The van der Waals surface area contributed by atoms with Crippen molar-refractivity contribution in [1.82, 2.24) is 20.3 Å². The summed E-state index contributed by atoms with van der Waals surface area (Å²) in [4.78, 5) is 26.2. The molecule has 4 rings (SSSR count). The van der Waals surface area contributed by atoms with Crippen LogP contribution >= 0.6 is 0 Å². The molecule has 7 nitrogen and oxygen atoms in total. The maximum Gasteiger partial charge on any atom is 0.230 e. The first-order valence-electron chi connectivity index (χ1n) is 7.70. The van der Waals surface area contributed by atoms with Crippen molar-refractivity contribution in [3.63, 3.8) is 0 Å². The fourth-order valence-corrected chi connectivity index (χ4v) is 3.74. The van der Waals surface area contributed by atoms with Crippen LogP contribution in [0.5, 0.6) is 0 Å². The second-order valence-electron chi connectivity index (χ2n) is 6.18. The van der Waals surface area contributed by atoms with Crippen LogP contribution in [0.1, 0.15) is 19.3 Å². The number of nitrogens with zero attached hydrogens (tertiary/aromatic N) is 3. The van der Waals surface area contributed by atoms with E-state index >= 15 is 0 Å². The van der Waals surface area contributed by atoms with E-state index < -0.39 is 11.5 Å². The van der Waals surface area contributed by atoms with Gasteiger partial charge in [-0.3, -0.25) is 4.79 Å². The highest BCUT2D eigenvalue weighted by Crippen LogP contribution is 2.39. The highest BCUT2D eigenvalue weighted by atomic mass is 16.3. The normalized spacial score (nSPS) is 29.0. The molecule has 2 atom stereocenters. The number of aliphatic hydroxyl groups excluding tert-OH is 1. The Morgan fingerprint density at radius 3 is 3.18 bits per heavy atom. The molecule has 22 heavy (non-hydrogen) atoms. The molecule has 2 aliphatic heterocycles. The summed E-state index contributed by atoms with van der Waals surface area (Å²) in [6.07, 6.45) is 4.98. The second kappa shape index (κ2) is 4.95. The first kappa shape index (κ1) is 13.5. The second-order valence-corrected chi connectivity index (χ2v) is 6.18. The van der Waals surface area contributed by atoms with Gasteiger partial charge in [0.05, 0.1) is 16.9 Å². The van der Waals surface area contributed by atoms with Gasteiger partial charge in [-0.1, -0.05) is 0 Å². The molecule has 0 saturated carbocycles. The van der Waals surface area contributed by atoms with E-state index in [0.717, 1.165) is 29.7 Å². The van der Waals surface area contributed by atoms with E-state index in [1.54, 1.807) is 0 Å². The van der Waals surface area contributed by atoms with Gasteiger partial charge in [-0.2, -0.15) is 0 Å². The summed E-state index contributed by atoms with van der Waals surface area (Å²) in [5.74, 6) is 0.797. The van der Waals surface area contributed by atoms with Gasteiger partial charge >= 0.3 is 0 Å². The summed E-state index contributed by atoms with van der Waals surface area (Å²) < 4.78 is 0. The van der Waals surface area contributed by atoms with Gasteiger partial charge in [0.1, 0.15) is 17.8 Å². The molecule has 2 aromatic rings. The summed E-state index contributed by atoms with van der Waals surface area (Å²) >= 11 is 0. The first-order chi connectivity index (χ1) is 10.7. The zero-order valence-electron chi connectivity index (χ0n) is 12.2. The molecule has 3 N–H and O–H groups in total. The van der Waals surface area contributed by atoms with E-state index in [-0.39, 0.29) is 5.91 Å². The van der Waals surface area contributed by atoms with Crippen LogP contribution in [0.4, 0.5) is 5.82 Å². The maximum absolute atomic E-state index is 12.4. The molecule has 0 bridgehead atoms. The largest absolute Gasteiger partial charge is 0.392 e. The minimum Gasteiger partial charge on any atom is -0.392 e. The van der Waals surface area contributed by atoms with Crippen LogP contribution in [0.3, 0.4) is 0 Å². The molecule has 0 unspecified atom stereocenters. The van der Waals surface area contributed by atoms with Crippen molar-refractivity contribution in [2.24, 2.45) is 5.41 Å². The van der Waals surface area contributed by atoms with Crippen molar-refractivity contribution in [1.29, 1.82) is 0 Å². The Labute approximate surface area is 127 Å². The van der Waals surface area contributed by atoms with E-state index in [1.807, 2.05) is 12.3 Å². The van der Waals surface area contributed by atoms with Crippen molar-refractivity contribution in [3.8, 4) is 0 Å². The fourth-order valence-electron chi connectivity index (χ4n) is 3.74. The molecule has 0 radical (unpaired) electrons. The first-order valence-corrected chi connectivity index (χ1v) is 7.70. The van der Waals surface area contributed by atoms with Crippen LogP contribution < -0.4 is 10.2 Å². The van der Waals surface area contributed by atoms with Crippen molar-refractivity contribution in [2.45, 2.75) is 25.4 Å². The van der Waals surface area contributed by atoms with E-state index in [2.05, 4.69) is 25.2 Å². The lowest BCUT2D eigenvalue weighted by Crippen LogP contribution is -2.61. The number of piperidine rings is 2. The van der Waals surface area contributed by atoms with E-state index in [4.69, 9.17) is 0 Å². The summed E-state index contributed by atoms with van der Waals surface area (Å²) in [5.41, 5.74) is 0.0719. The van der Waals surface area contributed by atoms with E-state index in [1.165, 1.54) is 6.33 Å². The molecule has 116 valence electrons. The van der Waals surface area contributed by atoms with Crippen LogP contribution in [0.25, 0.3) is 11.0 Å². The molecule has 2 saturated heterocycles. The molecular weight excluding hydrogens is 282 g/mol. The lowest BCUT2D eigenvalue weighted by molar-refractivity contribution is -0.142. The number of nitrogens with one attached hydrogen (secondary N) is 2. The van der Waals surface area contributed by atoms with Crippen molar-refractivity contribution >= 4 is 22.8 Å². The van der Waals surface area contributed by atoms with E-state index in [9.17, 15) is 9.90 Å².